The van der Waals surface area contributed by atoms with E-state index < -0.39 is 12.1 Å². The van der Waals surface area contributed by atoms with Crippen LogP contribution in [0.3, 0.4) is 0 Å². The summed E-state index contributed by atoms with van der Waals surface area (Å²) in [6.45, 7) is 4.94. The van der Waals surface area contributed by atoms with Crippen LogP contribution < -0.4 is 5.32 Å². The molecule has 0 radical (unpaired) electrons. The van der Waals surface area contributed by atoms with Crippen LogP contribution in [0.2, 0.25) is 0 Å². The maximum Gasteiger partial charge on any atom is 0.305 e. The number of unbranched alkanes of at least 4 members (excludes halogenated alkanes) is 51. The second-order valence-corrected chi connectivity index (χ2v) is 25.6. The van der Waals surface area contributed by atoms with Crippen LogP contribution in [-0.4, -0.2) is 47.4 Å². The Bertz CT molecular complexity index is 1390. The summed E-state index contributed by atoms with van der Waals surface area (Å²) in [5.74, 6) is -0.0296. The molecule has 6 nitrogen and oxygen atoms in total. The normalized spacial score (nSPS) is 12.8. The first-order valence-electron chi connectivity index (χ1n) is 37.4. The van der Waals surface area contributed by atoms with Crippen molar-refractivity contribution in [2.45, 2.75) is 418 Å². The first kappa shape index (κ1) is 80.8. The topological polar surface area (TPSA) is 95.9 Å². The molecule has 1 amide bonds. The molecule has 0 saturated carbocycles. The van der Waals surface area contributed by atoms with Crippen LogP contribution in [0, 0.1) is 0 Å². The lowest BCUT2D eigenvalue weighted by molar-refractivity contribution is -0.143. The Hall–Kier alpha value is -2.18. The van der Waals surface area contributed by atoms with E-state index in [0.717, 1.165) is 57.8 Å². The highest BCUT2D eigenvalue weighted by Gasteiger charge is 2.20. The molecule has 0 rings (SSSR count). The van der Waals surface area contributed by atoms with E-state index in [1.54, 1.807) is 0 Å². The zero-order chi connectivity index (χ0) is 59.9. The Morgan fingerprint density at radius 1 is 0.337 bits per heavy atom. The number of allylic oxidation sites excluding steroid dienone is 8. The minimum absolute atomic E-state index is 0.000277. The lowest BCUT2D eigenvalue weighted by Crippen LogP contribution is -2.45. The van der Waals surface area contributed by atoms with Gasteiger partial charge in [0, 0.05) is 12.8 Å². The number of carbonyl (C=O) groups is 2. The highest BCUT2D eigenvalue weighted by molar-refractivity contribution is 5.76. The molecule has 0 aromatic heterocycles. The predicted octanol–water partition coefficient (Wildman–Crippen LogP) is 24.4. The van der Waals surface area contributed by atoms with Gasteiger partial charge >= 0.3 is 5.97 Å². The number of aliphatic hydroxyl groups is 2. The van der Waals surface area contributed by atoms with Crippen LogP contribution in [0.5, 0.6) is 0 Å². The molecule has 0 fully saturated rings. The molecule has 0 aliphatic heterocycles. The van der Waals surface area contributed by atoms with E-state index >= 15 is 0 Å². The van der Waals surface area contributed by atoms with Crippen molar-refractivity contribution in [3.8, 4) is 0 Å². The van der Waals surface area contributed by atoms with E-state index in [9.17, 15) is 19.8 Å². The van der Waals surface area contributed by atoms with Crippen molar-refractivity contribution in [2.24, 2.45) is 0 Å². The van der Waals surface area contributed by atoms with Gasteiger partial charge in [0.1, 0.15) is 0 Å². The molecular formula is C77H145NO5. The summed E-state index contributed by atoms with van der Waals surface area (Å²) in [4.78, 5) is 24.6. The summed E-state index contributed by atoms with van der Waals surface area (Å²) in [5, 5.41) is 23.4. The maximum absolute atomic E-state index is 12.5. The van der Waals surface area contributed by atoms with E-state index in [1.807, 2.05) is 0 Å². The van der Waals surface area contributed by atoms with Gasteiger partial charge in [0.15, 0.2) is 0 Å². The van der Waals surface area contributed by atoms with Crippen LogP contribution >= 0.6 is 0 Å². The number of rotatable bonds is 70. The maximum atomic E-state index is 12.5. The number of ether oxygens (including phenoxy) is 1. The number of nitrogens with one attached hydrogen (secondary N) is 1. The quantitative estimate of drug-likeness (QED) is 0.0320. The fourth-order valence-electron chi connectivity index (χ4n) is 11.6. The molecule has 3 N–H and O–H groups in total. The van der Waals surface area contributed by atoms with E-state index in [4.69, 9.17) is 4.74 Å². The average Bonchev–Trinajstić information content (AvgIpc) is 3.48. The number of carbonyl (C=O) groups excluding carboxylic acids is 2. The van der Waals surface area contributed by atoms with Crippen LogP contribution in [0.15, 0.2) is 48.6 Å². The summed E-state index contributed by atoms with van der Waals surface area (Å²) >= 11 is 0. The average molecular weight is 1170 g/mol. The Kier molecular flexibility index (Phi) is 70.4. The first-order chi connectivity index (χ1) is 41.0. The molecular weight excluding hydrogens is 1020 g/mol. The van der Waals surface area contributed by atoms with Crippen LogP contribution in [0.4, 0.5) is 0 Å². The number of hydrogen-bond donors (Lipinski definition) is 3. The van der Waals surface area contributed by atoms with Crippen molar-refractivity contribution in [3.63, 3.8) is 0 Å². The highest BCUT2D eigenvalue weighted by Crippen LogP contribution is 2.19. The van der Waals surface area contributed by atoms with E-state index in [0.29, 0.717) is 25.9 Å². The molecule has 488 valence electrons. The third kappa shape index (κ3) is 68.8. The molecule has 0 aromatic rings. The standard InChI is InChI=1S/C77H145NO5/c1-3-5-7-9-11-13-15-17-19-20-36-39-42-45-49-53-57-61-65-69-75(80)74(73-79)78-76(81)70-66-62-58-54-50-46-43-40-37-34-32-30-28-26-24-22-21-23-25-27-29-31-33-35-38-41-44-48-52-56-60-64-68-72-83-77(82)71-67-63-59-55-51-47-18-16-14-12-10-8-6-4-2/h10,12,16,18,25,27,31,33,74-75,79-80H,3-9,11,13-15,17,19-24,26,28-30,32,34-73H2,1-2H3,(H,78,81)/b12-10-,18-16-,27-25-,33-31-. The highest BCUT2D eigenvalue weighted by atomic mass is 16.5. The lowest BCUT2D eigenvalue weighted by atomic mass is 10.0. The van der Waals surface area contributed by atoms with Crippen molar-refractivity contribution in [3.05, 3.63) is 48.6 Å². The number of amides is 1. The van der Waals surface area contributed by atoms with E-state index in [-0.39, 0.29) is 18.5 Å². The van der Waals surface area contributed by atoms with Crippen molar-refractivity contribution >= 4 is 11.9 Å². The van der Waals surface area contributed by atoms with Gasteiger partial charge < -0.3 is 20.3 Å². The monoisotopic (exact) mass is 1160 g/mol. The molecule has 0 heterocycles. The third-order valence-electron chi connectivity index (χ3n) is 17.4. The summed E-state index contributed by atoms with van der Waals surface area (Å²) in [5.41, 5.74) is 0. The van der Waals surface area contributed by atoms with Gasteiger partial charge in [-0.2, -0.15) is 0 Å². The first-order valence-corrected chi connectivity index (χ1v) is 37.4. The van der Waals surface area contributed by atoms with Crippen molar-refractivity contribution in [1.82, 2.24) is 5.32 Å². The van der Waals surface area contributed by atoms with Crippen molar-refractivity contribution in [2.75, 3.05) is 13.2 Å². The summed E-state index contributed by atoms with van der Waals surface area (Å²) < 4.78 is 5.48. The molecule has 0 aromatic carbocycles. The second kappa shape index (κ2) is 72.3. The van der Waals surface area contributed by atoms with Gasteiger partial charge in [-0.25, -0.2) is 0 Å². The number of esters is 1. The molecule has 6 heteroatoms. The van der Waals surface area contributed by atoms with Gasteiger partial charge in [0.25, 0.3) is 0 Å². The largest absolute Gasteiger partial charge is 0.466 e. The Morgan fingerprint density at radius 3 is 0.952 bits per heavy atom. The number of hydrogen-bond acceptors (Lipinski definition) is 5. The van der Waals surface area contributed by atoms with Gasteiger partial charge in [0.2, 0.25) is 5.91 Å². The smallest absolute Gasteiger partial charge is 0.305 e. The number of aliphatic hydroxyl groups excluding tert-OH is 2. The summed E-state index contributed by atoms with van der Waals surface area (Å²) in [6.07, 6.45) is 94.6. The Labute approximate surface area is 518 Å². The molecule has 0 bridgehead atoms. The fourth-order valence-corrected chi connectivity index (χ4v) is 11.6. The van der Waals surface area contributed by atoms with E-state index in [2.05, 4.69) is 67.8 Å². The summed E-state index contributed by atoms with van der Waals surface area (Å²) in [7, 11) is 0. The van der Waals surface area contributed by atoms with Crippen LogP contribution in [0.25, 0.3) is 0 Å². The van der Waals surface area contributed by atoms with Gasteiger partial charge in [-0.05, 0) is 83.5 Å². The predicted molar refractivity (Wildman–Crippen MR) is 366 cm³/mol. The SMILES string of the molecule is CCCC/C=C\C/C=C\CCCCCCCC(=O)OCCCCCCCCCCC/C=C\C/C=C\CCCCCCCCCCCCCCCCCCCC(=O)NC(CO)C(O)CCCCCCCCCCCCCCCCCCCCC. The molecule has 0 spiro atoms. The van der Waals surface area contributed by atoms with Gasteiger partial charge in [-0.15, -0.1) is 0 Å². The Balaban J connectivity index is 3.39. The van der Waals surface area contributed by atoms with Crippen LogP contribution in [0.1, 0.15) is 406 Å². The van der Waals surface area contributed by atoms with Gasteiger partial charge in [-0.1, -0.05) is 358 Å². The second-order valence-electron chi connectivity index (χ2n) is 25.6. The molecule has 0 aliphatic carbocycles. The fraction of sp³-hybridized carbons (Fsp3) is 0.870. The minimum atomic E-state index is -0.664. The molecule has 2 atom stereocenters. The molecule has 0 aliphatic rings. The van der Waals surface area contributed by atoms with E-state index in [1.165, 1.54) is 315 Å². The lowest BCUT2D eigenvalue weighted by Gasteiger charge is -2.22. The zero-order valence-electron chi connectivity index (χ0n) is 55.9. The van der Waals surface area contributed by atoms with Crippen molar-refractivity contribution in [1.29, 1.82) is 0 Å². The minimum Gasteiger partial charge on any atom is -0.466 e. The van der Waals surface area contributed by atoms with Crippen molar-refractivity contribution < 1.29 is 24.5 Å². The molecule has 0 saturated heterocycles. The van der Waals surface area contributed by atoms with Gasteiger partial charge in [-0.3, -0.25) is 9.59 Å². The molecule has 2 unspecified atom stereocenters. The van der Waals surface area contributed by atoms with Gasteiger partial charge in [0.05, 0.1) is 25.4 Å². The Morgan fingerprint density at radius 2 is 0.614 bits per heavy atom. The zero-order valence-corrected chi connectivity index (χ0v) is 55.9. The van der Waals surface area contributed by atoms with Crippen LogP contribution in [-0.2, 0) is 14.3 Å². The molecule has 83 heavy (non-hydrogen) atoms. The third-order valence-corrected chi connectivity index (χ3v) is 17.4. The summed E-state index contributed by atoms with van der Waals surface area (Å²) in [6, 6.07) is -0.541.